The molecule has 7 heteroatoms. The van der Waals surface area contributed by atoms with E-state index in [2.05, 4.69) is 10.4 Å². The molecule has 0 spiro atoms. The molecular weight excluding hydrogens is 302 g/mol. The van der Waals surface area contributed by atoms with E-state index in [1.807, 2.05) is 30.0 Å². The molecule has 1 saturated heterocycles. The molecule has 1 fully saturated rings. The number of carbonyl (C=O) groups is 2. The van der Waals surface area contributed by atoms with Gasteiger partial charge in [0.05, 0.1) is 5.69 Å². The van der Waals surface area contributed by atoms with E-state index in [9.17, 15) is 14.7 Å². The summed E-state index contributed by atoms with van der Waals surface area (Å²) in [6, 6.07) is 8.39. The molecule has 2 aliphatic rings. The van der Waals surface area contributed by atoms with Gasteiger partial charge in [0.1, 0.15) is 5.71 Å². The lowest BCUT2D eigenvalue weighted by Crippen LogP contribution is -2.39. The SMILES string of the molecule is O=C(NC1CCSC1)C1=NN(c2ccccc2)C(C(=O)O)C1. The molecule has 1 aromatic rings. The third kappa shape index (κ3) is 3.09. The molecule has 6 nitrogen and oxygen atoms in total. The summed E-state index contributed by atoms with van der Waals surface area (Å²) in [6.45, 7) is 0. The molecule has 1 aromatic carbocycles. The maximum atomic E-state index is 12.3. The number of nitrogens with zero attached hydrogens (tertiary/aromatic N) is 2. The van der Waals surface area contributed by atoms with Crippen molar-refractivity contribution in [1.82, 2.24) is 5.32 Å². The van der Waals surface area contributed by atoms with Gasteiger partial charge >= 0.3 is 5.97 Å². The number of nitrogens with one attached hydrogen (secondary N) is 1. The van der Waals surface area contributed by atoms with Crippen LogP contribution in [0.5, 0.6) is 0 Å². The molecule has 22 heavy (non-hydrogen) atoms. The van der Waals surface area contributed by atoms with Crippen LogP contribution in [-0.2, 0) is 9.59 Å². The lowest BCUT2D eigenvalue weighted by atomic mass is 10.1. The second-order valence-electron chi connectivity index (χ2n) is 5.32. The van der Waals surface area contributed by atoms with Gasteiger partial charge in [-0.25, -0.2) is 4.79 Å². The van der Waals surface area contributed by atoms with Gasteiger partial charge < -0.3 is 10.4 Å². The Hall–Kier alpha value is -2.02. The summed E-state index contributed by atoms with van der Waals surface area (Å²) < 4.78 is 0. The first-order valence-corrected chi connectivity index (χ1v) is 8.34. The number of aliphatic carboxylic acids is 1. The van der Waals surface area contributed by atoms with Crippen LogP contribution in [0.4, 0.5) is 5.69 Å². The fraction of sp³-hybridized carbons (Fsp3) is 0.400. The number of carboxylic acids is 1. The van der Waals surface area contributed by atoms with Gasteiger partial charge in [-0.1, -0.05) is 18.2 Å². The fourth-order valence-corrected chi connectivity index (χ4v) is 3.73. The molecule has 0 bridgehead atoms. The number of para-hydroxylation sites is 1. The number of carboxylic acid groups (broad SMARTS) is 1. The van der Waals surface area contributed by atoms with Crippen LogP contribution >= 0.6 is 11.8 Å². The fourth-order valence-electron chi connectivity index (χ4n) is 2.58. The second kappa shape index (κ2) is 6.39. The average molecular weight is 319 g/mol. The minimum atomic E-state index is -0.980. The Morgan fingerprint density at radius 2 is 2.09 bits per heavy atom. The van der Waals surface area contributed by atoms with E-state index in [0.717, 1.165) is 17.9 Å². The summed E-state index contributed by atoms with van der Waals surface area (Å²) in [5.41, 5.74) is 0.960. The van der Waals surface area contributed by atoms with Crippen LogP contribution in [0.3, 0.4) is 0 Å². The summed E-state index contributed by atoms with van der Waals surface area (Å²) in [5.74, 6) is 0.721. The Kier molecular flexibility index (Phi) is 4.33. The third-order valence-electron chi connectivity index (χ3n) is 3.74. The van der Waals surface area contributed by atoms with E-state index in [1.54, 1.807) is 12.1 Å². The highest BCUT2D eigenvalue weighted by molar-refractivity contribution is 7.99. The number of rotatable bonds is 4. The average Bonchev–Trinajstić information content (AvgIpc) is 3.17. The van der Waals surface area contributed by atoms with Crippen LogP contribution in [0.25, 0.3) is 0 Å². The van der Waals surface area contributed by atoms with Gasteiger partial charge in [0.15, 0.2) is 6.04 Å². The monoisotopic (exact) mass is 319 g/mol. The minimum absolute atomic E-state index is 0.121. The van der Waals surface area contributed by atoms with Gasteiger partial charge in [-0.15, -0.1) is 0 Å². The quantitative estimate of drug-likeness (QED) is 0.875. The summed E-state index contributed by atoms with van der Waals surface area (Å²) >= 11 is 1.81. The Balaban J connectivity index is 1.77. The molecule has 0 radical (unpaired) electrons. The number of hydrogen-bond donors (Lipinski definition) is 2. The van der Waals surface area contributed by atoms with Crippen molar-refractivity contribution in [3.05, 3.63) is 30.3 Å². The van der Waals surface area contributed by atoms with Crippen molar-refractivity contribution in [3.8, 4) is 0 Å². The largest absolute Gasteiger partial charge is 0.480 e. The summed E-state index contributed by atoms with van der Waals surface area (Å²) in [6.07, 6.45) is 1.07. The molecule has 0 aromatic heterocycles. The molecule has 2 N–H and O–H groups in total. The Morgan fingerprint density at radius 3 is 2.73 bits per heavy atom. The Morgan fingerprint density at radius 1 is 1.32 bits per heavy atom. The molecule has 0 aliphatic carbocycles. The number of hydrogen-bond acceptors (Lipinski definition) is 5. The van der Waals surface area contributed by atoms with Crippen LogP contribution in [0, 0.1) is 0 Å². The standard InChI is InChI=1S/C15H17N3O3S/c19-14(16-10-6-7-22-9-10)12-8-13(15(20)21)18(17-12)11-4-2-1-3-5-11/h1-5,10,13H,6-9H2,(H,16,19)(H,20,21). The molecule has 3 rings (SSSR count). The van der Waals surface area contributed by atoms with Gasteiger partial charge in [0.25, 0.3) is 5.91 Å². The van der Waals surface area contributed by atoms with Gasteiger partial charge in [0, 0.05) is 18.2 Å². The highest BCUT2D eigenvalue weighted by Crippen LogP contribution is 2.25. The summed E-state index contributed by atoms with van der Waals surface area (Å²) in [7, 11) is 0. The lowest BCUT2D eigenvalue weighted by molar-refractivity contribution is -0.138. The normalized spacial score (nSPS) is 24.2. The van der Waals surface area contributed by atoms with Crippen molar-refractivity contribution in [3.63, 3.8) is 0 Å². The van der Waals surface area contributed by atoms with Crippen molar-refractivity contribution in [2.75, 3.05) is 16.5 Å². The zero-order valence-electron chi connectivity index (χ0n) is 11.9. The number of thioether (sulfide) groups is 1. The number of amides is 1. The lowest BCUT2D eigenvalue weighted by Gasteiger charge is -2.19. The van der Waals surface area contributed by atoms with Crippen LogP contribution in [-0.4, -0.2) is 46.3 Å². The highest BCUT2D eigenvalue weighted by Gasteiger charge is 2.36. The van der Waals surface area contributed by atoms with Crippen molar-refractivity contribution in [2.45, 2.75) is 24.9 Å². The van der Waals surface area contributed by atoms with Gasteiger partial charge in [0.2, 0.25) is 0 Å². The number of benzene rings is 1. The Labute approximate surface area is 132 Å². The van der Waals surface area contributed by atoms with Crippen molar-refractivity contribution in [2.24, 2.45) is 5.10 Å². The van der Waals surface area contributed by atoms with Crippen LogP contribution in [0.2, 0.25) is 0 Å². The first-order chi connectivity index (χ1) is 10.6. The number of carbonyl (C=O) groups excluding carboxylic acids is 1. The van der Waals surface area contributed by atoms with E-state index in [4.69, 9.17) is 0 Å². The second-order valence-corrected chi connectivity index (χ2v) is 6.47. The van der Waals surface area contributed by atoms with E-state index >= 15 is 0 Å². The predicted molar refractivity (Wildman–Crippen MR) is 86.3 cm³/mol. The molecule has 2 unspecified atom stereocenters. The van der Waals surface area contributed by atoms with Gasteiger partial charge in [-0.2, -0.15) is 16.9 Å². The molecular formula is C15H17N3O3S. The van der Waals surface area contributed by atoms with E-state index < -0.39 is 12.0 Å². The van der Waals surface area contributed by atoms with Gasteiger partial charge in [-0.05, 0) is 24.3 Å². The summed E-state index contributed by atoms with van der Waals surface area (Å²) in [5, 5.41) is 18.0. The van der Waals surface area contributed by atoms with Crippen molar-refractivity contribution < 1.29 is 14.7 Å². The van der Waals surface area contributed by atoms with Crippen LogP contribution in [0.15, 0.2) is 35.4 Å². The number of hydrazone groups is 1. The maximum absolute atomic E-state index is 12.3. The topological polar surface area (TPSA) is 82.0 Å². The minimum Gasteiger partial charge on any atom is -0.480 e. The highest BCUT2D eigenvalue weighted by atomic mass is 32.2. The van der Waals surface area contributed by atoms with Gasteiger partial charge in [-0.3, -0.25) is 9.80 Å². The van der Waals surface area contributed by atoms with E-state index in [0.29, 0.717) is 5.69 Å². The zero-order chi connectivity index (χ0) is 15.5. The zero-order valence-corrected chi connectivity index (χ0v) is 12.8. The molecule has 2 aliphatic heterocycles. The third-order valence-corrected chi connectivity index (χ3v) is 4.91. The first kappa shape index (κ1) is 14.9. The molecule has 116 valence electrons. The number of anilines is 1. The predicted octanol–water partition coefficient (Wildman–Crippen LogP) is 1.33. The van der Waals surface area contributed by atoms with Crippen LogP contribution in [0.1, 0.15) is 12.8 Å². The molecule has 1 amide bonds. The smallest absolute Gasteiger partial charge is 0.328 e. The first-order valence-electron chi connectivity index (χ1n) is 7.18. The van der Waals surface area contributed by atoms with Crippen LogP contribution < -0.4 is 10.3 Å². The molecule has 0 saturated carbocycles. The van der Waals surface area contributed by atoms with Crippen molar-refractivity contribution in [1.29, 1.82) is 0 Å². The molecule has 2 heterocycles. The maximum Gasteiger partial charge on any atom is 0.328 e. The van der Waals surface area contributed by atoms with E-state index in [1.165, 1.54) is 5.01 Å². The Bertz CT molecular complexity index is 599. The molecule has 2 atom stereocenters. The van der Waals surface area contributed by atoms with E-state index in [-0.39, 0.29) is 24.1 Å². The summed E-state index contributed by atoms with van der Waals surface area (Å²) in [4.78, 5) is 23.7. The van der Waals surface area contributed by atoms with Crippen molar-refractivity contribution >= 4 is 35.0 Å².